The summed E-state index contributed by atoms with van der Waals surface area (Å²) >= 11 is 0. The van der Waals surface area contributed by atoms with Gasteiger partial charge in [-0.15, -0.1) is 0 Å². The van der Waals surface area contributed by atoms with Gasteiger partial charge >= 0.3 is 0 Å². The Morgan fingerprint density at radius 3 is 2.53 bits per heavy atom. The van der Waals surface area contributed by atoms with E-state index in [2.05, 4.69) is 5.32 Å². The average molecular weight is 267 g/mol. The van der Waals surface area contributed by atoms with E-state index in [0.717, 1.165) is 12.8 Å². The van der Waals surface area contributed by atoms with Crippen molar-refractivity contribution in [2.75, 3.05) is 0 Å². The van der Waals surface area contributed by atoms with E-state index < -0.39 is 6.43 Å². The molecule has 2 aliphatic rings. The van der Waals surface area contributed by atoms with E-state index in [0.29, 0.717) is 24.3 Å². The van der Waals surface area contributed by atoms with E-state index in [1.165, 1.54) is 18.9 Å². The molecule has 0 unspecified atom stereocenters. The molecule has 0 aliphatic carbocycles. The minimum absolute atomic E-state index is 0.0967. The summed E-state index contributed by atoms with van der Waals surface area (Å²) in [5, 5.41) is 3.55. The molecule has 4 heteroatoms. The average Bonchev–Trinajstić information content (AvgIpc) is 2.76. The van der Waals surface area contributed by atoms with E-state index >= 15 is 0 Å². The summed E-state index contributed by atoms with van der Waals surface area (Å²) in [5.41, 5.74) is 0.711. The van der Waals surface area contributed by atoms with Crippen molar-refractivity contribution in [3.8, 4) is 0 Å². The Bertz CT molecular complexity index is 426. The molecule has 0 aromatic heterocycles. The molecule has 0 amide bonds. The number of benzene rings is 1. The fraction of sp³-hybridized carbons (Fsp3) is 0.600. The zero-order valence-corrected chi connectivity index (χ0v) is 10.8. The van der Waals surface area contributed by atoms with E-state index in [4.69, 9.17) is 4.74 Å². The molecule has 2 heterocycles. The van der Waals surface area contributed by atoms with Gasteiger partial charge in [0.05, 0.1) is 12.7 Å². The van der Waals surface area contributed by atoms with Crippen molar-refractivity contribution in [1.82, 2.24) is 5.32 Å². The summed E-state index contributed by atoms with van der Waals surface area (Å²) in [7, 11) is 0. The molecule has 104 valence electrons. The predicted octanol–water partition coefficient (Wildman–Crippen LogP) is 3.42. The summed E-state index contributed by atoms with van der Waals surface area (Å²) in [6, 6.07) is 7.78. The standard InChI is InChI=1S/C15H19F2NO/c16-15(17)14-4-2-1-3-10(14)9-19-13-7-11-5-6-12(8-13)18-11/h1-4,11-13,15,18H,5-9H2/t11-,12+,13+. The van der Waals surface area contributed by atoms with Gasteiger partial charge in [0.2, 0.25) is 0 Å². The van der Waals surface area contributed by atoms with Crippen LogP contribution in [0.15, 0.2) is 24.3 Å². The van der Waals surface area contributed by atoms with Crippen LogP contribution >= 0.6 is 0 Å². The SMILES string of the molecule is FC(F)c1ccccc1CO[C@H]1C[C@H]2CC[C@@H](C1)N2. The lowest BCUT2D eigenvalue weighted by Gasteiger charge is -2.29. The minimum atomic E-state index is -2.43. The van der Waals surface area contributed by atoms with Crippen LogP contribution in [0.5, 0.6) is 0 Å². The number of nitrogens with one attached hydrogen (secondary N) is 1. The summed E-state index contributed by atoms with van der Waals surface area (Å²) in [6.07, 6.45) is 2.24. The van der Waals surface area contributed by atoms with Crippen LogP contribution in [-0.4, -0.2) is 18.2 Å². The van der Waals surface area contributed by atoms with Gasteiger partial charge in [0, 0.05) is 17.6 Å². The molecule has 19 heavy (non-hydrogen) atoms. The summed E-state index contributed by atoms with van der Waals surface area (Å²) < 4.78 is 31.6. The molecule has 2 saturated heterocycles. The second kappa shape index (κ2) is 5.55. The quantitative estimate of drug-likeness (QED) is 0.902. The van der Waals surface area contributed by atoms with Crippen molar-refractivity contribution < 1.29 is 13.5 Å². The Kier molecular flexibility index (Phi) is 3.80. The van der Waals surface area contributed by atoms with Gasteiger partial charge < -0.3 is 10.1 Å². The minimum Gasteiger partial charge on any atom is -0.373 e. The maximum Gasteiger partial charge on any atom is 0.264 e. The molecule has 0 saturated carbocycles. The van der Waals surface area contributed by atoms with Gasteiger partial charge in [-0.25, -0.2) is 8.78 Å². The lowest BCUT2D eigenvalue weighted by atomic mass is 10.0. The van der Waals surface area contributed by atoms with E-state index in [9.17, 15) is 8.78 Å². The fourth-order valence-electron chi connectivity index (χ4n) is 3.23. The maximum absolute atomic E-state index is 12.9. The highest BCUT2D eigenvalue weighted by atomic mass is 19.3. The van der Waals surface area contributed by atoms with Crippen LogP contribution in [0, 0.1) is 0 Å². The first-order valence-electron chi connectivity index (χ1n) is 6.96. The van der Waals surface area contributed by atoms with Gasteiger partial charge in [0.25, 0.3) is 6.43 Å². The molecule has 2 aliphatic heterocycles. The second-order valence-corrected chi connectivity index (χ2v) is 5.54. The van der Waals surface area contributed by atoms with Crippen molar-refractivity contribution >= 4 is 0 Å². The van der Waals surface area contributed by atoms with E-state index in [1.807, 2.05) is 0 Å². The van der Waals surface area contributed by atoms with Crippen LogP contribution < -0.4 is 5.32 Å². The van der Waals surface area contributed by atoms with Crippen LogP contribution in [0.2, 0.25) is 0 Å². The number of piperidine rings is 1. The zero-order chi connectivity index (χ0) is 13.2. The Morgan fingerprint density at radius 1 is 1.16 bits per heavy atom. The molecule has 2 bridgehead atoms. The van der Waals surface area contributed by atoms with Crippen LogP contribution in [0.3, 0.4) is 0 Å². The van der Waals surface area contributed by atoms with Crippen molar-refractivity contribution in [3.05, 3.63) is 35.4 Å². The molecule has 3 rings (SSSR count). The number of ether oxygens (including phenoxy) is 1. The van der Waals surface area contributed by atoms with Crippen LogP contribution in [0.25, 0.3) is 0 Å². The molecule has 3 atom stereocenters. The Hall–Kier alpha value is -1.00. The van der Waals surface area contributed by atoms with Crippen molar-refractivity contribution in [2.24, 2.45) is 0 Å². The Labute approximate surface area is 112 Å². The summed E-state index contributed by atoms with van der Waals surface area (Å²) in [4.78, 5) is 0. The van der Waals surface area contributed by atoms with Crippen LogP contribution in [-0.2, 0) is 11.3 Å². The molecule has 0 radical (unpaired) electrons. The fourth-order valence-corrected chi connectivity index (χ4v) is 3.23. The monoisotopic (exact) mass is 267 g/mol. The van der Waals surface area contributed by atoms with Gasteiger partial charge in [-0.2, -0.15) is 0 Å². The molecule has 1 aromatic rings. The maximum atomic E-state index is 12.9. The number of fused-ring (bicyclic) bond motifs is 2. The first kappa shape index (κ1) is 13.0. The number of hydrogen-bond acceptors (Lipinski definition) is 2. The molecule has 1 aromatic carbocycles. The topological polar surface area (TPSA) is 21.3 Å². The number of rotatable bonds is 4. The molecular weight excluding hydrogens is 248 g/mol. The van der Waals surface area contributed by atoms with Gasteiger partial charge in [0.15, 0.2) is 0 Å². The third-order valence-electron chi connectivity index (χ3n) is 4.19. The zero-order valence-electron chi connectivity index (χ0n) is 10.8. The number of halogens is 2. The van der Waals surface area contributed by atoms with Crippen molar-refractivity contribution in [3.63, 3.8) is 0 Å². The Morgan fingerprint density at radius 2 is 1.84 bits per heavy atom. The smallest absolute Gasteiger partial charge is 0.264 e. The van der Waals surface area contributed by atoms with Crippen molar-refractivity contribution in [1.29, 1.82) is 0 Å². The molecule has 0 spiro atoms. The molecule has 1 N–H and O–H groups in total. The van der Waals surface area contributed by atoms with E-state index in [1.54, 1.807) is 18.2 Å². The second-order valence-electron chi connectivity index (χ2n) is 5.54. The first-order valence-corrected chi connectivity index (χ1v) is 6.96. The third kappa shape index (κ3) is 2.95. The Balaban J connectivity index is 1.60. The van der Waals surface area contributed by atoms with Gasteiger partial charge in [0.1, 0.15) is 0 Å². The number of hydrogen-bond donors (Lipinski definition) is 1. The molecule has 2 nitrogen and oxygen atoms in total. The lowest BCUT2D eigenvalue weighted by Crippen LogP contribution is -2.41. The van der Waals surface area contributed by atoms with Crippen LogP contribution in [0.1, 0.15) is 43.2 Å². The van der Waals surface area contributed by atoms with Gasteiger partial charge in [-0.3, -0.25) is 0 Å². The van der Waals surface area contributed by atoms with Crippen LogP contribution in [0.4, 0.5) is 8.78 Å². The highest BCUT2D eigenvalue weighted by Crippen LogP contribution is 2.30. The normalized spacial score (nSPS) is 29.9. The summed E-state index contributed by atoms with van der Waals surface area (Å²) in [6.45, 7) is 0.296. The molecular formula is C15H19F2NO. The summed E-state index contributed by atoms with van der Waals surface area (Å²) in [5.74, 6) is 0. The largest absolute Gasteiger partial charge is 0.373 e. The lowest BCUT2D eigenvalue weighted by molar-refractivity contribution is 0.00761. The highest BCUT2D eigenvalue weighted by Gasteiger charge is 2.33. The van der Waals surface area contributed by atoms with E-state index in [-0.39, 0.29) is 11.7 Å². The predicted molar refractivity (Wildman–Crippen MR) is 69.2 cm³/mol. The molecule has 2 fully saturated rings. The number of alkyl halides is 2. The first-order chi connectivity index (χ1) is 9.22. The van der Waals surface area contributed by atoms with Gasteiger partial charge in [-0.1, -0.05) is 24.3 Å². The third-order valence-corrected chi connectivity index (χ3v) is 4.19. The highest BCUT2D eigenvalue weighted by molar-refractivity contribution is 5.27. The van der Waals surface area contributed by atoms with Crippen molar-refractivity contribution in [2.45, 2.75) is 56.9 Å². The van der Waals surface area contributed by atoms with Gasteiger partial charge in [-0.05, 0) is 31.2 Å².